The molecule has 0 saturated heterocycles. The van der Waals surface area contributed by atoms with E-state index in [4.69, 9.17) is 0 Å². The van der Waals surface area contributed by atoms with Gasteiger partial charge in [0.05, 0.1) is 0 Å². The van der Waals surface area contributed by atoms with Gasteiger partial charge in [0, 0.05) is 0 Å². The lowest BCUT2D eigenvalue weighted by Gasteiger charge is -2.26. The van der Waals surface area contributed by atoms with Crippen LogP contribution in [-0.2, 0) is 23.1 Å². The highest BCUT2D eigenvalue weighted by atomic mass is 19.1. The molecule has 0 aliphatic heterocycles. The number of rotatable bonds is 2. The molecule has 0 amide bonds. The number of fused-ring (bicyclic) bond motifs is 1. The molecule has 0 unspecified atom stereocenters. The molecule has 0 bridgehead atoms. The first-order valence-corrected chi connectivity index (χ1v) is 6.60. The molecule has 2 nitrogen and oxygen atoms in total. The first-order chi connectivity index (χ1) is 9.54. The number of hydrogen-bond donors (Lipinski definition) is 1. The van der Waals surface area contributed by atoms with E-state index in [1.54, 1.807) is 19.1 Å². The van der Waals surface area contributed by atoms with E-state index >= 15 is 0 Å². The van der Waals surface area contributed by atoms with Crippen LogP contribution in [0.15, 0.2) is 42.5 Å². The summed E-state index contributed by atoms with van der Waals surface area (Å²) < 4.78 is 13.8. The summed E-state index contributed by atoms with van der Waals surface area (Å²) in [5.41, 5.74) is 2.05. The third kappa shape index (κ3) is 1.73. The Labute approximate surface area is 116 Å². The second-order valence-electron chi connectivity index (χ2n) is 5.42. The Morgan fingerprint density at radius 3 is 2.25 bits per heavy atom. The average Bonchev–Trinajstić information content (AvgIpc) is 2.82. The molecule has 3 heteroatoms. The first kappa shape index (κ1) is 12.9. The third-order valence-electron chi connectivity index (χ3n) is 4.30. The lowest BCUT2D eigenvalue weighted by atomic mass is 9.76. The molecule has 0 heterocycles. The van der Waals surface area contributed by atoms with Crippen molar-refractivity contribution in [3.05, 3.63) is 70.5 Å². The third-order valence-corrected chi connectivity index (χ3v) is 4.30. The van der Waals surface area contributed by atoms with Gasteiger partial charge >= 0.3 is 5.97 Å². The van der Waals surface area contributed by atoms with E-state index in [0.29, 0.717) is 24.0 Å². The van der Waals surface area contributed by atoms with Gasteiger partial charge < -0.3 is 5.11 Å². The average molecular weight is 270 g/mol. The van der Waals surface area contributed by atoms with Crippen LogP contribution in [0.25, 0.3) is 0 Å². The van der Waals surface area contributed by atoms with Crippen molar-refractivity contribution in [3.8, 4) is 0 Å². The normalized spacial score (nSPS) is 15.9. The number of aliphatic carboxylic acids is 1. The fourth-order valence-corrected chi connectivity index (χ4v) is 3.20. The molecule has 3 rings (SSSR count). The van der Waals surface area contributed by atoms with E-state index in [1.165, 1.54) is 6.07 Å². The highest BCUT2D eigenvalue weighted by Crippen LogP contribution is 2.41. The van der Waals surface area contributed by atoms with Crippen LogP contribution in [0.3, 0.4) is 0 Å². The second-order valence-corrected chi connectivity index (χ2v) is 5.42. The van der Waals surface area contributed by atoms with Gasteiger partial charge in [0.15, 0.2) is 0 Å². The summed E-state index contributed by atoms with van der Waals surface area (Å²) in [6.45, 7) is 1.65. The molecule has 2 aromatic carbocycles. The number of benzene rings is 2. The molecule has 0 radical (unpaired) electrons. The maximum absolute atomic E-state index is 13.8. The largest absolute Gasteiger partial charge is 0.481 e. The molecule has 0 atom stereocenters. The lowest BCUT2D eigenvalue weighted by Crippen LogP contribution is -2.37. The van der Waals surface area contributed by atoms with Crippen LogP contribution < -0.4 is 0 Å². The van der Waals surface area contributed by atoms with Crippen LogP contribution in [-0.4, -0.2) is 11.1 Å². The van der Waals surface area contributed by atoms with E-state index in [0.717, 1.165) is 11.1 Å². The molecular formula is C17H15FO2. The molecule has 1 N–H and O–H groups in total. The Kier molecular flexibility index (Phi) is 2.85. The van der Waals surface area contributed by atoms with Crippen LogP contribution >= 0.6 is 0 Å². The van der Waals surface area contributed by atoms with Crippen LogP contribution in [0.4, 0.5) is 4.39 Å². The van der Waals surface area contributed by atoms with Crippen LogP contribution in [0.2, 0.25) is 0 Å². The van der Waals surface area contributed by atoms with Crippen molar-refractivity contribution in [2.75, 3.05) is 0 Å². The molecule has 20 heavy (non-hydrogen) atoms. The van der Waals surface area contributed by atoms with Gasteiger partial charge in [-0.15, -0.1) is 0 Å². The minimum atomic E-state index is -1.05. The highest BCUT2D eigenvalue weighted by Gasteiger charge is 2.46. The van der Waals surface area contributed by atoms with E-state index in [1.807, 2.05) is 24.3 Å². The molecule has 1 aliphatic rings. The standard InChI is InChI=1S/C17H15FO2/c1-11-14(7-4-8-15(11)18)17(16(19)20)9-12-5-2-3-6-13(12)10-17/h2-8H,9-10H2,1H3,(H,19,20). The first-order valence-electron chi connectivity index (χ1n) is 6.60. The summed E-state index contributed by atoms with van der Waals surface area (Å²) in [5, 5.41) is 9.78. The fourth-order valence-electron chi connectivity index (χ4n) is 3.20. The van der Waals surface area contributed by atoms with Crippen LogP contribution in [0.5, 0.6) is 0 Å². The van der Waals surface area contributed by atoms with E-state index in [2.05, 4.69) is 0 Å². The number of halogens is 1. The van der Waals surface area contributed by atoms with Gasteiger partial charge in [0.1, 0.15) is 11.2 Å². The highest BCUT2D eigenvalue weighted by molar-refractivity contribution is 5.84. The van der Waals surface area contributed by atoms with Crippen molar-refractivity contribution in [1.82, 2.24) is 0 Å². The predicted molar refractivity (Wildman–Crippen MR) is 74.3 cm³/mol. The monoisotopic (exact) mass is 270 g/mol. The molecule has 0 aromatic heterocycles. The summed E-state index contributed by atoms with van der Waals surface area (Å²) >= 11 is 0. The maximum atomic E-state index is 13.8. The van der Waals surface area contributed by atoms with E-state index in [-0.39, 0.29) is 5.82 Å². The number of carboxylic acid groups (broad SMARTS) is 1. The van der Waals surface area contributed by atoms with Gasteiger partial charge in [-0.05, 0) is 48.1 Å². The zero-order chi connectivity index (χ0) is 14.3. The smallest absolute Gasteiger partial charge is 0.314 e. The predicted octanol–water partition coefficient (Wildman–Crippen LogP) is 3.26. The van der Waals surface area contributed by atoms with Gasteiger partial charge in [-0.3, -0.25) is 4.79 Å². The summed E-state index contributed by atoms with van der Waals surface area (Å²) in [6.07, 6.45) is 0.839. The van der Waals surface area contributed by atoms with Crippen molar-refractivity contribution in [2.45, 2.75) is 25.2 Å². The molecule has 0 spiro atoms. The second kappa shape index (κ2) is 4.44. The summed E-state index contributed by atoms with van der Waals surface area (Å²) in [7, 11) is 0. The Morgan fingerprint density at radius 2 is 1.70 bits per heavy atom. The Bertz CT molecular complexity index is 666. The van der Waals surface area contributed by atoms with Gasteiger partial charge in [0.25, 0.3) is 0 Å². The Morgan fingerprint density at radius 1 is 1.10 bits per heavy atom. The SMILES string of the molecule is Cc1c(F)cccc1C1(C(=O)O)Cc2ccccc2C1. The fraction of sp³-hybridized carbons (Fsp3) is 0.235. The van der Waals surface area contributed by atoms with Crippen molar-refractivity contribution >= 4 is 5.97 Å². The molecule has 0 saturated carbocycles. The van der Waals surface area contributed by atoms with Gasteiger partial charge in [0.2, 0.25) is 0 Å². The molecule has 102 valence electrons. The van der Waals surface area contributed by atoms with Gasteiger partial charge in [-0.1, -0.05) is 36.4 Å². The summed E-state index contributed by atoms with van der Waals surface area (Å²) in [5.74, 6) is -1.23. The number of hydrogen-bond acceptors (Lipinski definition) is 1. The van der Waals surface area contributed by atoms with Crippen molar-refractivity contribution in [3.63, 3.8) is 0 Å². The Hall–Kier alpha value is -2.16. The minimum Gasteiger partial charge on any atom is -0.481 e. The summed E-state index contributed by atoms with van der Waals surface area (Å²) in [4.78, 5) is 11.9. The summed E-state index contributed by atoms with van der Waals surface area (Å²) in [6, 6.07) is 12.4. The lowest BCUT2D eigenvalue weighted by molar-refractivity contribution is -0.143. The van der Waals surface area contributed by atoms with E-state index in [9.17, 15) is 14.3 Å². The van der Waals surface area contributed by atoms with Gasteiger partial charge in [-0.2, -0.15) is 0 Å². The molecule has 1 aliphatic carbocycles. The molecular weight excluding hydrogens is 255 g/mol. The van der Waals surface area contributed by atoms with Crippen molar-refractivity contribution in [2.24, 2.45) is 0 Å². The maximum Gasteiger partial charge on any atom is 0.314 e. The topological polar surface area (TPSA) is 37.3 Å². The quantitative estimate of drug-likeness (QED) is 0.909. The number of carbonyl (C=O) groups is 1. The zero-order valence-electron chi connectivity index (χ0n) is 11.2. The molecule has 2 aromatic rings. The van der Waals surface area contributed by atoms with Gasteiger partial charge in [-0.25, -0.2) is 4.39 Å². The Balaban J connectivity index is 2.17. The van der Waals surface area contributed by atoms with E-state index < -0.39 is 11.4 Å². The number of carboxylic acids is 1. The minimum absolute atomic E-state index is 0.348. The zero-order valence-corrected chi connectivity index (χ0v) is 11.2. The van der Waals surface area contributed by atoms with Crippen molar-refractivity contribution in [1.29, 1.82) is 0 Å². The van der Waals surface area contributed by atoms with Crippen molar-refractivity contribution < 1.29 is 14.3 Å². The van der Waals surface area contributed by atoms with Crippen LogP contribution in [0, 0.1) is 12.7 Å². The van der Waals surface area contributed by atoms with Crippen LogP contribution in [0.1, 0.15) is 22.3 Å². The molecule has 0 fully saturated rings.